The van der Waals surface area contributed by atoms with Crippen LogP contribution in [0.15, 0.2) is 4.99 Å². The Morgan fingerprint density at radius 3 is 2.70 bits per heavy atom. The molecule has 2 fully saturated rings. The summed E-state index contributed by atoms with van der Waals surface area (Å²) in [5.41, 5.74) is 0. The fraction of sp³-hybridized carbons (Fsp3) is 0.944. The summed E-state index contributed by atoms with van der Waals surface area (Å²) >= 11 is 0. The van der Waals surface area contributed by atoms with Crippen molar-refractivity contribution >= 4 is 5.96 Å². The molecule has 0 radical (unpaired) electrons. The molecule has 0 aromatic rings. The molecule has 23 heavy (non-hydrogen) atoms. The lowest BCUT2D eigenvalue weighted by Gasteiger charge is -2.32. The van der Waals surface area contributed by atoms with E-state index in [1.54, 1.807) is 0 Å². The van der Waals surface area contributed by atoms with Crippen LogP contribution in [0.25, 0.3) is 0 Å². The molecule has 5 nitrogen and oxygen atoms in total. The summed E-state index contributed by atoms with van der Waals surface area (Å²) in [4.78, 5) is 9.55. The molecule has 2 heterocycles. The molecule has 2 aliphatic rings. The van der Waals surface area contributed by atoms with Crippen LogP contribution in [0.4, 0.5) is 0 Å². The van der Waals surface area contributed by atoms with E-state index in [1.807, 2.05) is 7.05 Å². The summed E-state index contributed by atoms with van der Waals surface area (Å²) in [5, 5.41) is 3.63. The van der Waals surface area contributed by atoms with Crippen LogP contribution < -0.4 is 5.32 Å². The molecular formula is C18H36N4O. The van der Waals surface area contributed by atoms with Gasteiger partial charge in [-0.15, -0.1) is 0 Å². The van der Waals surface area contributed by atoms with Crippen molar-refractivity contribution in [2.24, 2.45) is 10.9 Å². The van der Waals surface area contributed by atoms with E-state index in [9.17, 15) is 0 Å². The second kappa shape index (κ2) is 10.1. The molecule has 2 saturated heterocycles. The van der Waals surface area contributed by atoms with Crippen molar-refractivity contribution in [1.29, 1.82) is 0 Å². The molecule has 2 atom stereocenters. The predicted molar refractivity (Wildman–Crippen MR) is 97.0 cm³/mol. The smallest absolute Gasteiger partial charge is 0.193 e. The Labute approximate surface area is 142 Å². The zero-order valence-corrected chi connectivity index (χ0v) is 15.4. The van der Waals surface area contributed by atoms with E-state index in [4.69, 9.17) is 4.74 Å². The van der Waals surface area contributed by atoms with Gasteiger partial charge >= 0.3 is 0 Å². The minimum atomic E-state index is 0.666. The fourth-order valence-electron chi connectivity index (χ4n) is 3.69. The lowest BCUT2D eigenvalue weighted by atomic mass is 9.99. The van der Waals surface area contributed by atoms with E-state index >= 15 is 0 Å². The monoisotopic (exact) mass is 324 g/mol. The molecule has 0 amide bonds. The Bertz CT molecular complexity index is 355. The summed E-state index contributed by atoms with van der Waals surface area (Å²) in [7, 11) is 1.91. The first kappa shape index (κ1) is 18.5. The number of nitrogens with one attached hydrogen (secondary N) is 1. The molecular weight excluding hydrogens is 288 g/mol. The number of guanidine groups is 1. The minimum Gasteiger partial charge on any atom is -0.379 e. The summed E-state index contributed by atoms with van der Waals surface area (Å²) in [6, 6.07) is 0.666. The lowest BCUT2D eigenvalue weighted by Crippen LogP contribution is -2.47. The van der Waals surface area contributed by atoms with Gasteiger partial charge in [0.15, 0.2) is 5.96 Å². The molecule has 2 rings (SSSR count). The highest BCUT2D eigenvalue weighted by atomic mass is 16.5. The Hall–Kier alpha value is -0.810. The van der Waals surface area contributed by atoms with Gasteiger partial charge in [0, 0.05) is 45.8 Å². The van der Waals surface area contributed by atoms with Crippen LogP contribution in [0.1, 0.15) is 46.0 Å². The molecule has 0 bridgehead atoms. The van der Waals surface area contributed by atoms with Gasteiger partial charge in [0.05, 0.1) is 13.2 Å². The maximum Gasteiger partial charge on any atom is 0.193 e. The van der Waals surface area contributed by atoms with Gasteiger partial charge in [-0.1, -0.05) is 33.1 Å². The highest BCUT2D eigenvalue weighted by Crippen LogP contribution is 2.17. The van der Waals surface area contributed by atoms with E-state index in [1.165, 1.54) is 32.1 Å². The van der Waals surface area contributed by atoms with Crippen LogP contribution in [-0.2, 0) is 4.74 Å². The van der Waals surface area contributed by atoms with Gasteiger partial charge in [-0.2, -0.15) is 0 Å². The number of unbranched alkanes of at least 4 members (excludes halogenated alkanes) is 1. The first-order valence-corrected chi connectivity index (χ1v) is 9.55. The van der Waals surface area contributed by atoms with Crippen molar-refractivity contribution in [3.8, 4) is 0 Å². The molecule has 0 saturated carbocycles. The maximum atomic E-state index is 5.47. The van der Waals surface area contributed by atoms with Crippen LogP contribution in [0.2, 0.25) is 0 Å². The van der Waals surface area contributed by atoms with Crippen LogP contribution in [0.3, 0.4) is 0 Å². The van der Waals surface area contributed by atoms with Gasteiger partial charge in [-0.3, -0.25) is 9.89 Å². The third-order valence-electron chi connectivity index (χ3n) is 5.33. The number of aliphatic imine (C=N–C) groups is 1. The average molecular weight is 325 g/mol. The zero-order valence-electron chi connectivity index (χ0n) is 15.4. The Morgan fingerprint density at radius 2 is 2.04 bits per heavy atom. The van der Waals surface area contributed by atoms with Crippen molar-refractivity contribution in [2.45, 2.75) is 52.0 Å². The number of morpholine rings is 1. The van der Waals surface area contributed by atoms with Crippen molar-refractivity contribution in [3.05, 3.63) is 0 Å². The first-order valence-electron chi connectivity index (χ1n) is 9.55. The highest BCUT2D eigenvalue weighted by Gasteiger charge is 2.30. The molecule has 0 aromatic carbocycles. The summed E-state index contributed by atoms with van der Waals surface area (Å²) in [6.45, 7) is 11.8. The van der Waals surface area contributed by atoms with Crippen LogP contribution in [0, 0.1) is 5.92 Å². The second-order valence-electron chi connectivity index (χ2n) is 6.88. The molecule has 0 aliphatic carbocycles. The van der Waals surface area contributed by atoms with E-state index in [0.29, 0.717) is 6.04 Å². The summed E-state index contributed by atoms with van der Waals surface area (Å²) in [5.74, 6) is 1.86. The number of likely N-dealkylation sites (tertiary alicyclic amines) is 1. The number of hydrogen-bond acceptors (Lipinski definition) is 3. The zero-order chi connectivity index (χ0) is 16.5. The molecule has 5 heteroatoms. The molecule has 2 aliphatic heterocycles. The van der Waals surface area contributed by atoms with Gasteiger partial charge in [0.25, 0.3) is 0 Å². The molecule has 0 spiro atoms. The largest absolute Gasteiger partial charge is 0.379 e. The quantitative estimate of drug-likeness (QED) is 0.576. The van der Waals surface area contributed by atoms with Gasteiger partial charge in [0.2, 0.25) is 0 Å². The summed E-state index contributed by atoms with van der Waals surface area (Å²) in [6.07, 6.45) is 6.45. The predicted octanol–water partition coefficient (Wildman–Crippen LogP) is 2.18. The third kappa shape index (κ3) is 5.64. The maximum absolute atomic E-state index is 5.47. The number of hydrogen-bond donors (Lipinski definition) is 1. The van der Waals surface area contributed by atoms with Crippen LogP contribution in [-0.4, -0.2) is 74.8 Å². The van der Waals surface area contributed by atoms with E-state index in [-0.39, 0.29) is 0 Å². The molecule has 2 unspecified atom stereocenters. The Morgan fingerprint density at radius 1 is 1.26 bits per heavy atom. The number of ether oxygens (including phenoxy) is 1. The fourth-order valence-corrected chi connectivity index (χ4v) is 3.69. The first-order chi connectivity index (χ1) is 11.3. The standard InChI is InChI=1S/C18H36N4O/c1-4-6-7-16(5-2)14-20-18(19-3)22-9-8-17(15-22)21-10-12-23-13-11-21/h16-17H,4-15H2,1-3H3,(H,19,20). The SMILES string of the molecule is CCCCC(CC)CNC(=NC)N1CCC(N2CCOCC2)C1. The van der Waals surface area contributed by atoms with Crippen molar-refractivity contribution in [2.75, 3.05) is 53.0 Å². The number of rotatable bonds is 7. The second-order valence-corrected chi connectivity index (χ2v) is 6.88. The highest BCUT2D eigenvalue weighted by molar-refractivity contribution is 5.80. The Balaban J connectivity index is 1.77. The van der Waals surface area contributed by atoms with Crippen LogP contribution >= 0.6 is 0 Å². The van der Waals surface area contributed by atoms with Crippen molar-refractivity contribution in [1.82, 2.24) is 15.1 Å². The summed E-state index contributed by atoms with van der Waals surface area (Å²) < 4.78 is 5.47. The molecule has 0 aromatic heterocycles. The molecule has 134 valence electrons. The van der Waals surface area contributed by atoms with Gasteiger partial charge in [0.1, 0.15) is 0 Å². The van der Waals surface area contributed by atoms with Crippen molar-refractivity contribution in [3.63, 3.8) is 0 Å². The van der Waals surface area contributed by atoms with E-state index in [0.717, 1.165) is 57.8 Å². The normalized spacial score (nSPS) is 24.9. The Kier molecular flexibility index (Phi) is 8.17. The van der Waals surface area contributed by atoms with Gasteiger partial charge in [-0.05, 0) is 18.8 Å². The van der Waals surface area contributed by atoms with E-state index in [2.05, 4.69) is 34.0 Å². The minimum absolute atomic E-state index is 0.666. The third-order valence-corrected chi connectivity index (χ3v) is 5.33. The molecule has 1 N–H and O–H groups in total. The van der Waals surface area contributed by atoms with E-state index < -0.39 is 0 Å². The van der Waals surface area contributed by atoms with Crippen LogP contribution in [0.5, 0.6) is 0 Å². The topological polar surface area (TPSA) is 40.1 Å². The van der Waals surface area contributed by atoms with Gasteiger partial charge in [-0.25, -0.2) is 0 Å². The van der Waals surface area contributed by atoms with Gasteiger partial charge < -0.3 is 15.0 Å². The number of nitrogens with zero attached hydrogens (tertiary/aromatic N) is 3. The average Bonchev–Trinajstić information content (AvgIpc) is 3.09. The van der Waals surface area contributed by atoms with Crippen molar-refractivity contribution < 1.29 is 4.74 Å². The lowest BCUT2D eigenvalue weighted by molar-refractivity contribution is 0.0195.